The van der Waals surface area contributed by atoms with Crippen molar-refractivity contribution < 1.29 is 23.8 Å². The summed E-state index contributed by atoms with van der Waals surface area (Å²) >= 11 is 0. The molecule has 2 aromatic rings. The highest BCUT2D eigenvalue weighted by Crippen LogP contribution is 2.28. The number of hydrogen-bond acceptors (Lipinski definition) is 6. The maximum atomic E-state index is 14.0. The average molecular weight is 400 g/mol. The second-order valence-corrected chi connectivity index (χ2v) is 6.51. The highest BCUT2D eigenvalue weighted by molar-refractivity contribution is 6.00. The van der Waals surface area contributed by atoms with Gasteiger partial charge in [0.1, 0.15) is 5.75 Å². The molecule has 0 aliphatic carbocycles. The van der Waals surface area contributed by atoms with E-state index in [0.29, 0.717) is 31.5 Å². The summed E-state index contributed by atoms with van der Waals surface area (Å²) in [5, 5.41) is 12.6. The van der Waals surface area contributed by atoms with Gasteiger partial charge in [-0.05, 0) is 50.2 Å². The molecular formula is C20H21FN4O4. The van der Waals surface area contributed by atoms with Crippen molar-refractivity contribution in [1.29, 1.82) is 0 Å². The van der Waals surface area contributed by atoms with E-state index in [4.69, 9.17) is 10.5 Å². The highest BCUT2D eigenvalue weighted by atomic mass is 19.1. The Morgan fingerprint density at radius 3 is 2.72 bits per heavy atom. The summed E-state index contributed by atoms with van der Waals surface area (Å²) in [4.78, 5) is 28.9. The zero-order valence-electron chi connectivity index (χ0n) is 15.5. The molecule has 0 spiro atoms. The Hall–Kier alpha value is -3.46. The SMILES string of the molecule is Nc1ccc(Oc2ccncc2/C=C/C(=O)N(C(=O)O)C2CCNCC2)c(F)c1. The van der Waals surface area contributed by atoms with Crippen LogP contribution in [-0.4, -0.2) is 46.1 Å². The van der Waals surface area contributed by atoms with Gasteiger partial charge in [-0.25, -0.2) is 14.1 Å². The molecule has 3 rings (SSSR count). The molecule has 1 fully saturated rings. The molecule has 1 aliphatic rings. The third kappa shape index (κ3) is 5.08. The molecule has 0 bridgehead atoms. The second kappa shape index (κ2) is 9.16. The molecule has 29 heavy (non-hydrogen) atoms. The monoisotopic (exact) mass is 400 g/mol. The summed E-state index contributed by atoms with van der Waals surface area (Å²) in [6.07, 6.45) is 5.27. The highest BCUT2D eigenvalue weighted by Gasteiger charge is 2.29. The van der Waals surface area contributed by atoms with Crippen molar-refractivity contribution in [3.8, 4) is 11.5 Å². The summed E-state index contributed by atoms with van der Waals surface area (Å²) < 4.78 is 19.6. The number of pyridine rings is 1. The number of nitrogen functional groups attached to an aromatic ring is 1. The van der Waals surface area contributed by atoms with Crippen LogP contribution in [0.5, 0.6) is 11.5 Å². The predicted octanol–water partition coefficient (Wildman–Crippen LogP) is 2.87. The maximum Gasteiger partial charge on any atom is 0.414 e. The van der Waals surface area contributed by atoms with Gasteiger partial charge in [0, 0.05) is 41.8 Å². The van der Waals surface area contributed by atoms with Crippen LogP contribution in [0.2, 0.25) is 0 Å². The Labute approximate surface area is 166 Å². The fourth-order valence-electron chi connectivity index (χ4n) is 3.07. The van der Waals surface area contributed by atoms with Crippen LogP contribution in [0.25, 0.3) is 6.08 Å². The van der Waals surface area contributed by atoms with Gasteiger partial charge < -0.3 is 20.9 Å². The zero-order valence-corrected chi connectivity index (χ0v) is 15.5. The van der Waals surface area contributed by atoms with Crippen LogP contribution < -0.4 is 15.8 Å². The van der Waals surface area contributed by atoms with Gasteiger partial charge in [-0.2, -0.15) is 0 Å². The molecule has 0 unspecified atom stereocenters. The molecule has 4 N–H and O–H groups in total. The van der Waals surface area contributed by atoms with E-state index in [9.17, 15) is 19.1 Å². The maximum absolute atomic E-state index is 14.0. The van der Waals surface area contributed by atoms with Crippen LogP contribution in [0.3, 0.4) is 0 Å². The second-order valence-electron chi connectivity index (χ2n) is 6.51. The van der Waals surface area contributed by atoms with Gasteiger partial charge in [0.15, 0.2) is 11.6 Å². The van der Waals surface area contributed by atoms with Gasteiger partial charge in [0.05, 0.1) is 0 Å². The van der Waals surface area contributed by atoms with Crippen LogP contribution in [-0.2, 0) is 4.79 Å². The molecule has 9 heteroatoms. The minimum Gasteiger partial charge on any atom is -0.465 e. The van der Waals surface area contributed by atoms with Crippen LogP contribution in [0.4, 0.5) is 14.9 Å². The molecular weight excluding hydrogens is 379 g/mol. The van der Waals surface area contributed by atoms with E-state index in [0.717, 1.165) is 17.0 Å². The van der Waals surface area contributed by atoms with Crippen molar-refractivity contribution in [3.05, 3.63) is 54.1 Å². The standard InChI is InChI=1S/C20H21FN4O4/c21-16-11-14(22)2-3-18(16)29-17-7-10-24-12-13(17)1-4-19(26)25(20(27)28)15-5-8-23-9-6-15/h1-4,7,10-12,15,23H,5-6,8-9,22H2,(H,27,28)/b4-1+. The van der Waals surface area contributed by atoms with Gasteiger partial charge in [0.2, 0.25) is 0 Å². The van der Waals surface area contributed by atoms with Gasteiger partial charge in [-0.1, -0.05) is 0 Å². The first kappa shape index (κ1) is 20.3. The number of ether oxygens (including phenoxy) is 1. The lowest BCUT2D eigenvalue weighted by atomic mass is 10.1. The first-order valence-corrected chi connectivity index (χ1v) is 9.07. The molecule has 1 saturated heterocycles. The van der Waals surface area contributed by atoms with Gasteiger partial charge in [0.25, 0.3) is 5.91 Å². The van der Waals surface area contributed by atoms with Gasteiger partial charge >= 0.3 is 6.09 Å². The van der Waals surface area contributed by atoms with Crippen molar-refractivity contribution in [3.63, 3.8) is 0 Å². The quantitative estimate of drug-likeness (QED) is 0.522. The van der Waals surface area contributed by atoms with E-state index in [-0.39, 0.29) is 23.2 Å². The number of rotatable bonds is 5. The summed E-state index contributed by atoms with van der Waals surface area (Å²) in [6.45, 7) is 1.30. The third-order valence-corrected chi connectivity index (χ3v) is 4.51. The van der Waals surface area contributed by atoms with E-state index in [2.05, 4.69) is 10.3 Å². The van der Waals surface area contributed by atoms with Gasteiger partial charge in [-0.15, -0.1) is 0 Å². The van der Waals surface area contributed by atoms with E-state index < -0.39 is 17.8 Å². The smallest absolute Gasteiger partial charge is 0.414 e. The number of amides is 2. The number of benzene rings is 1. The summed E-state index contributed by atoms with van der Waals surface area (Å²) in [5.41, 5.74) is 6.20. The molecule has 2 amide bonds. The molecule has 1 aliphatic heterocycles. The zero-order chi connectivity index (χ0) is 20.8. The Balaban J connectivity index is 1.79. The minimum atomic E-state index is -1.29. The van der Waals surface area contributed by atoms with Crippen molar-refractivity contribution in [2.75, 3.05) is 18.8 Å². The number of nitrogens with two attached hydrogens (primary N) is 1. The van der Waals surface area contributed by atoms with Crippen molar-refractivity contribution >= 4 is 23.8 Å². The number of carbonyl (C=O) groups excluding carboxylic acids is 1. The number of nitrogens with one attached hydrogen (secondary N) is 1. The predicted molar refractivity (Wildman–Crippen MR) is 105 cm³/mol. The number of halogens is 1. The number of anilines is 1. The van der Waals surface area contributed by atoms with Crippen molar-refractivity contribution in [2.24, 2.45) is 0 Å². The summed E-state index contributed by atoms with van der Waals surface area (Å²) in [7, 11) is 0. The average Bonchev–Trinajstić information content (AvgIpc) is 2.70. The van der Waals surface area contributed by atoms with Crippen LogP contribution in [0.1, 0.15) is 18.4 Å². The minimum absolute atomic E-state index is 0.0340. The lowest BCUT2D eigenvalue weighted by Crippen LogP contribution is -2.48. The number of hydrogen-bond donors (Lipinski definition) is 3. The molecule has 0 saturated carbocycles. The Morgan fingerprint density at radius 1 is 1.28 bits per heavy atom. The number of nitrogens with zero attached hydrogens (tertiary/aromatic N) is 2. The Bertz CT molecular complexity index is 928. The van der Waals surface area contributed by atoms with E-state index >= 15 is 0 Å². The Morgan fingerprint density at radius 2 is 2.03 bits per heavy atom. The third-order valence-electron chi connectivity index (χ3n) is 4.51. The molecule has 1 aromatic carbocycles. The number of piperidine rings is 1. The van der Waals surface area contributed by atoms with Gasteiger partial charge in [-0.3, -0.25) is 9.78 Å². The molecule has 1 aromatic heterocycles. The fourth-order valence-corrected chi connectivity index (χ4v) is 3.07. The largest absolute Gasteiger partial charge is 0.465 e. The van der Waals surface area contributed by atoms with E-state index in [1.807, 2.05) is 0 Å². The molecule has 152 valence electrons. The number of imide groups is 1. The molecule has 0 atom stereocenters. The number of aromatic nitrogens is 1. The molecule has 2 heterocycles. The van der Waals surface area contributed by atoms with E-state index in [1.165, 1.54) is 36.7 Å². The van der Waals surface area contributed by atoms with Crippen LogP contribution in [0, 0.1) is 5.82 Å². The summed E-state index contributed by atoms with van der Waals surface area (Å²) in [6, 6.07) is 5.18. The van der Waals surface area contributed by atoms with E-state index in [1.54, 1.807) is 0 Å². The normalized spacial score (nSPS) is 14.7. The number of carbonyl (C=O) groups is 2. The first-order valence-electron chi connectivity index (χ1n) is 9.07. The first-order chi connectivity index (χ1) is 14.0. The summed E-state index contributed by atoms with van der Waals surface area (Å²) in [5.74, 6) is -1.06. The number of carboxylic acid groups (broad SMARTS) is 1. The lowest BCUT2D eigenvalue weighted by molar-refractivity contribution is -0.126. The van der Waals surface area contributed by atoms with Crippen molar-refractivity contribution in [1.82, 2.24) is 15.2 Å². The van der Waals surface area contributed by atoms with Crippen LogP contribution >= 0.6 is 0 Å². The fraction of sp³-hybridized carbons (Fsp3) is 0.250. The molecule has 0 radical (unpaired) electrons. The lowest BCUT2D eigenvalue weighted by Gasteiger charge is -2.30. The van der Waals surface area contributed by atoms with Crippen molar-refractivity contribution in [2.45, 2.75) is 18.9 Å². The Kier molecular flexibility index (Phi) is 6.40. The van der Waals surface area contributed by atoms with Crippen LogP contribution in [0.15, 0.2) is 42.7 Å². The molecule has 8 nitrogen and oxygen atoms in total. The topological polar surface area (TPSA) is 118 Å².